The Bertz CT molecular complexity index is 783. The van der Waals surface area contributed by atoms with Gasteiger partial charge in [-0.2, -0.15) is 0 Å². The van der Waals surface area contributed by atoms with E-state index in [0.717, 1.165) is 15.9 Å². The van der Waals surface area contributed by atoms with Gasteiger partial charge in [0.1, 0.15) is 16.4 Å². The van der Waals surface area contributed by atoms with Crippen molar-refractivity contribution in [2.45, 2.75) is 17.0 Å². The van der Waals surface area contributed by atoms with Crippen molar-refractivity contribution in [2.24, 2.45) is 0 Å². The number of hydrogen-bond acceptors (Lipinski definition) is 5. The average Bonchev–Trinajstić information content (AvgIpc) is 2.48. The molecule has 0 spiro atoms. The molecule has 5 heteroatoms. The van der Waals surface area contributed by atoms with Gasteiger partial charge < -0.3 is 0 Å². The predicted molar refractivity (Wildman–Crippen MR) is 77.9 cm³/mol. The zero-order chi connectivity index (χ0) is 13.9. The van der Waals surface area contributed by atoms with E-state index in [-0.39, 0.29) is 5.78 Å². The van der Waals surface area contributed by atoms with Gasteiger partial charge in [-0.1, -0.05) is 18.2 Å². The SMILES string of the molecule is CC(=O)c1cccnc1Sc1ncnc2ccccc12. The molecule has 0 fully saturated rings. The number of rotatable bonds is 3. The maximum atomic E-state index is 11.6. The Kier molecular flexibility index (Phi) is 3.43. The minimum atomic E-state index is -0.000961. The fourth-order valence-corrected chi connectivity index (χ4v) is 2.89. The second-order valence-corrected chi connectivity index (χ2v) is 5.19. The zero-order valence-corrected chi connectivity index (χ0v) is 11.6. The van der Waals surface area contributed by atoms with Crippen molar-refractivity contribution in [3.8, 4) is 0 Å². The van der Waals surface area contributed by atoms with Gasteiger partial charge in [0.25, 0.3) is 0 Å². The number of pyridine rings is 1. The molecule has 1 aromatic carbocycles. The summed E-state index contributed by atoms with van der Waals surface area (Å²) in [7, 11) is 0. The molecule has 4 nitrogen and oxygen atoms in total. The van der Waals surface area contributed by atoms with E-state index in [4.69, 9.17) is 0 Å². The van der Waals surface area contributed by atoms with Crippen LogP contribution in [0.3, 0.4) is 0 Å². The average molecular weight is 281 g/mol. The summed E-state index contributed by atoms with van der Waals surface area (Å²) in [6.07, 6.45) is 3.21. The molecule has 3 rings (SSSR count). The van der Waals surface area contributed by atoms with E-state index in [1.165, 1.54) is 18.1 Å². The smallest absolute Gasteiger partial charge is 0.162 e. The van der Waals surface area contributed by atoms with Crippen molar-refractivity contribution in [1.82, 2.24) is 15.0 Å². The van der Waals surface area contributed by atoms with Crippen molar-refractivity contribution in [2.75, 3.05) is 0 Å². The number of Topliss-reactive ketones (excluding diaryl/α,β-unsaturated/α-hetero) is 1. The van der Waals surface area contributed by atoms with E-state index in [0.29, 0.717) is 10.6 Å². The molecule has 0 saturated carbocycles. The number of benzene rings is 1. The quantitative estimate of drug-likeness (QED) is 0.544. The predicted octanol–water partition coefficient (Wildman–Crippen LogP) is 3.38. The molecule has 0 saturated heterocycles. The monoisotopic (exact) mass is 281 g/mol. The van der Waals surface area contributed by atoms with Crippen molar-refractivity contribution in [1.29, 1.82) is 0 Å². The normalized spacial score (nSPS) is 10.7. The number of hydrogen-bond donors (Lipinski definition) is 0. The minimum absolute atomic E-state index is 0.000961. The Morgan fingerprint density at radius 3 is 2.70 bits per heavy atom. The van der Waals surface area contributed by atoms with Crippen LogP contribution >= 0.6 is 11.8 Å². The number of fused-ring (bicyclic) bond motifs is 1. The number of para-hydroxylation sites is 1. The Hall–Kier alpha value is -2.27. The molecule has 3 aromatic rings. The van der Waals surface area contributed by atoms with E-state index in [1.54, 1.807) is 25.3 Å². The standard InChI is InChI=1S/C15H11N3OS/c1-10(19)11-6-4-8-16-14(11)20-15-12-5-2-3-7-13(12)17-9-18-15/h2-9H,1H3. The summed E-state index contributed by atoms with van der Waals surface area (Å²) < 4.78 is 0. The van der Waals surface area contributed by atoms with Crippen LogP contribution in [0.4, 0.5) is 0 Å². The molecule has 0 bridgehead atoms. The van der Waals surface area contributed by atoms with Crippen LogP contribution in [0.15, 0.2) is 59.0 Å². The van der Waals surface area contributed by atoms with E-state index in [9.17, 15) is 4.79 Å². The summed E-state index contributed by atoms with van der Waals surface area (Å²) in [6, 6.07) is 11.3. The zero-order valence-electron chi connectivity index (χ0n) is 10.8. The second-order valence-electron chi connectivity index (χ2n) is 4.21. The first-order valence-corrected chi connectivity index (χ1v) is 6.91. The third-order valence-corrected chi connectivity index (χ3v) is 3.89. The third-order valence-electron chi connectivity index (χ3n) is 2.85. The molecular formula is C15H11N3OS. The molecule has 0 radical (unpaired) electrons. The first-order chi connectivity index (χ1) is 9.75. The van der Waals surface area contributed by atoms with Crippen molar-refractivity contribution >= 4 is 28.4 Å². The highest BCUT2D eigenvalue weighted by molar-refractivity contribution is 7.99. The number of aromatic nitrogens is 3. The number of carbonyl (C=O) groups excluding carboxylic acids is 1. The number of nitrogens with zero attached hydrogens (tertiary/aromatic N) is 3. The number of ketones is 1. The van der Waals surface area contributed by atoms with Crippen LogP contribution in [-0.2, 0) is 0 Å². The first-order valence-electron chi connectivity index (χ1n) is 6.09. The fourth-order valence-electron chi connectivity index (χ4n) is 1.89. The Morgan fingerprint density at radius 1 is 1.00 bits per heavy atom. The molecular weight excluding hydrogens is 270 g/mol. The summed E-state index contributed by atoms with van der Waals surface area (Å²) in [5.74, 6) is -0.000961. The summed E-state index contributed by atoms with van der Waals surface area (Å²) in [5, 5.41) is 2.43. The fraction of sp³-hybridized carbons (Fsp3) is 0.0667. The van der Waals surface area contributed by atoms with E-state index < -0.39 is 0 Å². The van der Waals surface area contributed by atoms with Crippen molar-refractivity contribution in [3.05, 3.63) is 54.5 Å². The molecule has 0 N–H and O–H groups in total. The maximum absolute atomic E-state index is 11.6. The third kappa shape index (κ3) is 2.40. The Morgan fingerprint density at radius 2 is 1.85 bits per heavy atom. The van der Waals surface area contributed by atoms with Gasteiger partial charge in [-0.3, -0.25) is 4.79 Å². The summed E-state index contributed by atoms with van der Waals surface area (Å²) in [6.45, 7) is 1.54. The van der Waals surface area contributed by atoms with Gasteiger partial charge in [-0.15, -0.1) is 0 Å². The van der Waals surface area contributed by atoms with Crippen LogP contribution in [-0.4, -0.2) is 20.7 Å². The van der Waals surface area contributed by atoms with Crippen LogP contribution in [0.2, 0.25) is 0 Å². The van der Waals surface area contributed by atoms with Gasteiger partial charge >= 0.3 is 0 Å². The minimum Gasteiger partial charge on any atom is -0.294 e. The molecule has 0 amide bonds. The molecule has 98 valence electrons. The molecule has 0 aliphatic rings. The van der Waals surface area contributed by atoms with Gasteiger partial charge in [0, 0.05) is 17.1 Å². The van der Waals surface area contributed by atoms with Crippen molar-refractivity contribution in [3.63, 3.8) is 0 Å². The highest BCUT2D eigenvalue weighted by Gasteiger charge is 2.12. The molecule has 0 aliphatic heterocycles. The summed E-state index contributed by atoms with van der Waals surface area (Å²) >= 11 is 1.39. The molecule has 2 heterocycles. The molecule has 0 unspecified atom stereocenters. The van der Waals surface area contributed by atoms with Crippen LogP contribution < -0.4 is 0 Å². The Labute approximate surface area is 120 Å². The van der Waals surface area contributed by atoms with Crippen LogP contribution in [0.5, 0.6) is 0 Å². The lowest BCUT2D eigenvalue weighted by molar-refractivity contribution is 0.101. The summed E-state index contributed by atoms with van der Waals surface area (Å²) in [4.78, 5) is 24.5. The lowest BCUT2D eigenvalue weighted by atomic mass is 10.2. The molecule has 0 aliphatic carbocycles. The van der Waals surface area contributed by atoms with Crippen LogP contribution in [0, 0.1) is 0 Å². The maximum Gasteiger partial charge on any atom is 0.162 e. The van der Waals surface area contributed by atoms with Gasteiger partial charge in [0.05, 0.1) is 5.52 Å². The molecule has 20 heavy (non-hydrogen) atoms. The molecule has 2 aromatic heterocycles. The van der Waals surface area contributed by atoms with Gasteiger partial charge in [-0.25, -0.2) is 15.0 Å². The summed E-state index contributed by atoms with van der Waals surface area (Å²) in [5.41, 5.74) is 1.49. The van der Waals surface area contributed by atoms with Gasteiger partial charge in [-0.05, 0) is 36.9 Å². The van der Waals surface area contributed by atoms with Crippen LogP contribution in [0.1, 0.15) is 17.3 Å². The Balaban J connectivity index is 2.08. The van der Waals surface area contributed by atoms with E-state index in [1.807, 2.05) is 24.3 Å². The van der Waals surface area contributed by atoms with E-state index >= 15 is 0 Å². The largest absolute Gasteiger partial charge is 0.294 e. The molecule has 0 atom stereocenters. The first kappa shape index (κ1) is 12.7. The highest BCUT2D eigenvalue weighted by Crippen LogP contribution is 2.31. The van der Waals surface area contributed by atoms with Crippen molar-refractivity contribution < 1.29 is 4.79 Å². The lowest BCUT2D eigenvalue weighted by Crippen LogP contribution is -1.97. The second kappa shape index (κ2) is 5.38. The van der Waals surface area contributed by atoms with Gasteiger partial charge in [0.2, 0.25) is 0 Å². The lowest BCUT2D eigenvalue weighted by Gasteiger charge is -2.06. The van der Waals surface area contributed by atoms with Crippen LogP contribution in [0.25, 0.3) is 10.9 Å². The van der Waals surface area contributed by atoms with E-state index in [2.05, 4.69) is 15.0 Å². The van der Waals surface area contributed by atoms with Gasteiger partial charge in [0.15, 0.2) is 5.78 Å². The number of carbonyl (C=O) groups is 1. The highest BCUT2D eigenvalue weighted by atomic mass is 32.2. The topological polar surface area (TPSA) is 55.7 Å².